The molecule has 2 aromatic rings. The van der Waals surface area contributed by atoms with Gasteiger partial charge in [0.2, 0.25) is 5.91 Å². The van der Waals surface area contributed by atoms with Crippen LogP contribution < -0.4 is 5.32 Å². The molecule has 3 rings (SSSR count). The van der Waals surface area contributed by atoms with Crippen LogP contribution in [0.4, 0.5) is 17.6 Å². The molecule has 0 aromatic heterocycles. The molecule has 2 aromatic carbocycles. The molecule has 1 amide bonds. The number of aliphatic hydroxyl groups is 1. The number of aliphatic hydroxyl groups excluding tert-OH is 1. The Kier molecular flexibility index (Phi) is 6.47. The Morgan fingerprint density at radius 3 is 2.03 bits per heavy atom. The van der Waals surface area contributed by atoms with Crippen LogP contribution in [0.25, 0.3) is 0 Å². The van der Waals surface area contributed by atoms with Gasteiger partial charge < -0.3 is 15.2 Å². The molecule has 1 aliphatic heterocycles. The average Bonchev–Trinajstić information content (AvgIpc) is 2.67. The number of nitrogens with one attached hydrogen (secondary N) is 1. The minimum absolute atomic E-state index is 0.0530. The molecule has 4 nitrogen and oxygen atoms in total. The SMILES string of the molecule is C[C@@]1(NC(=O)CCO)C[C@@H](c2ccc(F)cc2)O[C@@H](c2ccc(C(F)(F)F)cc2)C1. The van der Waals surface area contributed by atoms with Gasteiger partial charge in [0.1, 0.15) is 5.82 Å². The Bertz CT molecular complexity index is 867. The molecule has 8 heteroatoms. The highest BCUT2D eigenvalue weighted by molar-refractivity contribution is 5.76. The highest BCUT2D eigenvalue weighted by Crippen LogP contribution is 2.44. The van der Waals surface area contributed by atoms with Crippen molar-refractivity contribution < 1.29 is 32.2 Å². The van der Waals surface area contributed by atoms with Gasteiger partial charge in [-0.1, -0.05) is 24.3 Å². The van der Waals surface area contributed by atoms with Crippen LogP contribution in [0, 0.1) is 5.82 Å². The zero-order chi connectivity index (χ0) is 21.9. The van der Waals surface area contributed by atoms with Gasteiger partial charge in [-0.15, -0.1) is 0 Å². The van der Waals surface area contributed by atoms with Crippen molar-refractivity contribution >= 4 is 5.91 Å². The summed E-state index contributed by atoms with van der Waals surface area (Å²) in [7, 11) is 0. The third-order valence-electron chi connectivity index (χ3n) is 5.23. The van der Waals surface area contributed by atoms with Crippen LogP contribution in [0.2, 0.25) is 0 Å². The van der Waals surface area contributed by atoms with E-state index in [1.54, 1.807) is 12.1 Å². The molecule has 3 atom stereocenters. The Morgan fingerprint density at radius 1 is 1.07 bits per heavy atom. The van der Waals surface area contributed by atoms with Gasteiger partial charge in [0.15, 0.2) is 0 Å². The summed E-state index contributed by atoms with van der Waals surface area (Å²) in [5.41, 5.74) is -0.221. The van der Waals surface area contributed by atoms with Gasteiger partial charge in [0, 0.05) is 24.8 Å². The van der Waals surface area contributed by atoms with Gasteiger partial charge in [0.25, 0.3) is 0 Å². The van der Waals surface area contributed by atoms with E-state index in [2.05, 4.69) is 5.32 Å². The molecule has 0 saturated carbocycles. The van der Waals surface area contributed by atoms with Crippen LogP contribution in [0.15, 0.2) is 48.5 Å². The minimum atomic E-state index is -4.44. The molecular weight excluding hydrogens is 402 g/mol. The van der Waals surface area contributed by atoms with Gasteiger partial charge in [-0.3, -0.25) is 4.79 Å². The van der Waals surface area contributed by atoms with E-state index < -0.39 is 35.3 Å². The summed E-state index contributed by atoms with van der Waals surface area (Å²) in [5.74, 6) is -0.723. The lowest BCUT2D eigenvalue weighted by Crippen LogP contribution is -2.51. The zero-order valence-corrected chi connectivity index (χ0v) is 16.4. The van der Waals surface area contributed by atoms with E-state index in [1.807, 2.05) is 6.92 Å². The fourth-order valence-electron chi connectivity index (χ4n) is 3.76. The number of amides is 1. The Labute approximate surface area is 171 Å². The molecule has 0 radical (unpaired) electrons. The van der Waals surface area contributed by atoms with Crippen molar-refractivity contribution in [2.45, 2.75) is 50.1 Å². The number of hydrogen-bond donors (Lipinski definition) is 2. The second kappa shape index (κ2) is 8.73. The molecular formula is C22H23F4NO3. The maximum Gasteiger partial charge on any atom is 0.416 e. The average molecular weight is 425 g/mol. The second-order valence-electron chi connectivity index (χ2n) is 7.78. The van der Waals surface area contributed by atoms with Gasteiger partial charge in [-0.25, -0.2) is 4.39 Å². The first-order chi connectivity index (χ1) is 14.1. The summed E-state index contributed by atoms with van der Waals surface area (Å²) in [6.07, 6.45) is -4.82. The summed E-state index contributed by atoms with van der Waals surface area (Å²) < 4.78 is 58.1. The summed E-state index contributed by atoms with van der Waals surface area (Å²) in [5, 5.41) is 11.9. The van der Waals surface area contributed by atoms with E-state index in [9.17, 15) is 22.4 Å². The molecule has 30 heavy (non-hydrogen) atoms. The van der Waals surface area contributed by atoms with Crippen LogP contribution in [-0.2, 0) is 15.7 Å². The predicted octanol–water partition coefficient (Wildman–Crippen LogP) is 4.69. The first kappa shape index (κ1) is 22.2. The van der Waals surface area contributed by atoms with Gasteiger partial charge in [-0.2, -0.15) is 13.2 Å². The predicted molar refractivity (Wildman–Crippen MR) is 102 cm³/mol. The van der Waals surface area contributed by atoms with Crippen molar-refractivity contribution in [3.8, 4) is 0 Å². The highest BCUT2D eigenvalue weighted by atomic mass is 19.4. The summed E-state index contributed by atoms with van der Waals surface area (Å²) in [6, 6.07) is 10.5. The Hall–Kier alpha value is -2.45. The van der Waals surface area contributed by atoms with E-state index in [1.165, 1.54) is 24.3 Å². The monoisotopic (exact) mass is 425 g/mol. The molecule has 0 aliphatic carbocycles. The van der Waals surface area contributed by atoms with Crippen molar-refractivity contribution in [3.05, 3.63) is 71.0 Å². The van der Waals surface area contributed by atoms with E-state index in [4.69, 9.17) is 9.84 Å². The largest absolute Gasteiger partial charge is 0.416 e. The van der Waals surface area contributed by atoms with Crippen LogP contribution in [-0.4, -0.2) is 23.2 Å². The van der Waals surface area contributed by atoms with E-state index >= 15 is 0 Å². The highest BCUT2D eigenvalue weighted by Gasteiger charge is 2.40. The fraction of sp³-hybridized carbons (Fsp3) is 0.409. The quantitative estimate of drug-likeness (QED) is 0.683. The lowest BCUT2D eigenvalue weighted by Gasteiger charge is -2.43. The number of benzene rings is 2. The number of rotatable bonds is 5. The maximum atomic E-state index is 13.3. The van der Waals surface area contributed by atoms with Crippen molar-refractivity contribution in [2.75, 3.05) is 6.61 Å². The third-order valence-corrected chi connectivity index (χ3v) is 5.23. The molecule has 0 spiro atoms. The van der Waals surface area contributed by atoms with E-state index in [0.29, 0.717) is 24.0 Å². The van der Waals surface area contributed by atoms with E-state index in [0.717, 1.165) is 12.1 Å². The van der Waals surface area contributed by atoms with Gasteiger partial charge in [0.05, 0.1) is 24.4 Å². The number of alkyl halides is 3. The first-order valence-electron chi connectivity index (χ1n) is 9.59. The summed E-state index contributed by atoms with van der Waals surface area (Å²) in [4.78, 5) is 12.1. The lowest BCUT2D eigenvalue weighted by molar-refractivity contribution is -0.138. The van der Waals surface area contributed by atoms with E-state index in [-0.39, 0.29) is 18.9 Å². The third kappa shape index (κ3) is 5.37. The second-order valence-corrected chi connectivity index (χ2v) is 7.78. The Balaban J connectivity index is 1.89. The molecule has 162 valence electrons. The maximum absolute atomic E-state index is 13.3. The van der Waals surface area contributed by atoms with Crippen molar-refractivity contribution in [3.63, 3.8) is 0 Å². The lowest BCUT2D eigenvalue weighted by atomic mass is 9.81. The Morgan fingerprint density at radius 2 is 1.57 bits per heavy atom. The fourth-order valence-corrected chi connectivity index (χ4v) is 3.76. The van der Waals surface area contributed by atoms with Crippen molar-refractivity contribution in [1.82, 2.24) is 5.32 Å². The molecule has 1 aliphatic rings. The van der Waals surface area contributed by atoms with Gasteiger partial charge >= 0.3 is 6.18 Å². The zero-order valence-electron chi connectivity index (χ0n) is 16.4. The molecule has 1 fully saturated rings. The standard InChI is InChI=1S/C22H23F4NO3/c1-21(27-20(29)10-11-28)12-18(14-2-6-16(7-3-14)22(24,25)26)30-19(13-21)15-4-8-17(23)9-5-15/h2-9,18-19,28H,10-13H2,1H3,(H,27,29)/t18-,19+,21+/m1/s1. The van der Waals surface area contributed by atoms with Crippen molar-refractivity contribution in [1.29, 1.82) is 0 Å². The number of carbonyl (C=O) groups is 1. The summed E-state index contributed by atoms with van der Waals surface area (Å²) >= 11 is 0. The van der Waals surface area contributed by atoms with Crippen LogP contribution >= 0.6 is 0 Å². The number of halogens is 4. The topological polar surface area (TPSA) is 58.6 Å². The molecule has 1 saturated heterocycles. The number of ether oxygens (including phenoxy) is 1. The normalized spacial score (nSPS) is 24.5. The van der Waals surface area contributed by atoms with Crippen LogP contribution in [0.1, 0.15) is 55.1 Å². The molecule has 0 bridgehead atoms. The number of carbonyl (C=O) groups excluding carboxylic acids is 1. The van der Waals surface area contributed by atoms with Crippen molar-refractivity contribution in [2.24, 2.45) is 0 Å². The number of hydrogen-bond acceptors (Lipinski definition) is 3. The van der Waals surface area contributed by atoms with Gasteiger partial charge in [-0.05, 0) is 42.3 Å². The first-order valence-corrected chi connectivity index (χ1v) is 9.59. The van der Waals surface area contributed by atoms with Crippen LogP contribution in [0.5, 0.6) is 0 Å². The molecule has 0 unspecified atom stereocenters. The smallest absolute Gasteiger partial charge is 0.396 e. The summed E-state index contributed by atoms with van der Waals surface area (Å²) in [6.45, 7) is 1.54. The minimum Gasteiger partial charge on any atom is -0.396 e. The van der Waals surface area contributed by atoms with Crippen LogP contribution in [0.3, 0.4) is 0 Å². The molecule has 2 N–H and O–H groups in total. The molecule has 1 heterocycles.